The predicted octanol–water partition coefficient (Wildman–Crippen LogP) is 2.46. The molecule has 0 aliphatic carbocycles. The smallest absolute Gasteiger partial charge is 0.319 e. The summed E-state index contributed by atoms with van der Waals surface area (Å²) < 4.78 is 0. The molecule has 1 aromatic carbocycles. The Kier molecular flexibility index (Phi) is 4.65. The standard InChI is InChI=1S/C15H18N4O/c1-11-3-4-14(7-12(11)2)19-15(20)18-6-5-13-8-16-10-17-9-13/h3-4,7-10H,5-6H2,1-2H3,(H2,18,19,20). The minimum absolute atomic E-state index is 0.204. The van der Waals surface area contributed by atoms with E-state index in [4.69, 9.17) is 0 Å². The number of rotatable bonds is 4. The Labute approximate surface area is 118 Å². The fourth-order valence-corrected chi connectivity index (χ4v) is 1.77. The van der Waals surface area contributed by atoms with E-state index in [0.717, 1.165) is 16.8 Å². The topological polar surface area (TPSA) is 66.9 Å². The Morgan fingerprint density at radius 3 is 2.60 bits per heavy atom. The van der Waals surface area contributed by atoms with Gasteiger partial charge in [-0.3, -0.25) is 0 Å². The van der Waals surface area contributed by atoms with E-state index < -0.39 is 0 Å². The second-order valence-electron chi connectivity index (χ2n) is 4.68. The van der Waals surface area contributed by atoms with E-state index in [1.165, 1.54) is 11.9 Å². The Bertz CT molecular complexity index is 584. The van der Waals surface area contributed by atoms with Gasteiger partial charge in [0.2, 0.25) is 0 Å². The fourth-order valence-electron chi connectivity index (χ4n) is 1.77. The molecular weight excluding hydrogens is 252 g/mol. The zero-order valence-electron chi connectivity index (χ0n) is 11.7. The van der Waals surface area contributed by atoms with Crippen molar-refractivity contribution in [1.82, 2.24) is 15.3 Å². The summed E-state index contributed by atoms with van der Waals surface area (Å²) >= 11 is 0. The third-order valence-electron chi connectivity index (χ3n) is 3.08. The van der Waals surface area contributed by atoms with Crippen molar-refractivity contribution in [2.45, 2.75) is 20.3 Å². The van der Waals surface area contributed by atoms with E-state index in [2.05, 4.69) is 20.6 Å². The molecule has 5 nitrogen and oxygen atoms in total. The third-order valence-corrected chi connectivity index (χ3v) is 3.08. The molecule has 1 heterocycles. The van der Waals surface area contributed by atoms with Gasteiger partial charge in [0.1, 0.15) is 6.33 Å². The van der Waals surface area contributed by atoms with Gasteiger partial charge >= 0.3 is 6.03 Å². The van der Waals surface area contributed by atoms with Crippen LogP contribution in [0.15, 0.2) is 36.9 Å². The molecule has 5 heteroatoms. The largest absolute Gasteiger partial charge is 0.338 e. The van der Waals surface area contributed by atoms with E-state index in [1.54, 1.807) is 12.4 Å². The molecule has 0 aliphatic heterocycles. The molecule has 0 unspecified atom stereocenters. The van der Waals surface area contributed by atoms with Crippen molar-refractivity contribution in [3.63, 3.8) is 0 Å². The predicted molar refractivity (Wildman–Crippen MR) is 78.7 cm³/mol. The van der Waals surface area contributed by atoms with Gasteiger partial charge < -0.3 is 10.6 Å². The van der Waals surface area contributed by atoms with Gasteiger partial charge in [0.15, 0.2) is 0 Å². The van der Waals surface area contributed by atoms with Gasteiger partial charge in [0.05, 0.1) is 0 Å². The molecule has 0 saturated carbocycles. The average molecular weight is 270 g/mol. The Balaban J connectivity index is 1.79. The van der Waals surface area contributed by atoms with E-state index in [0.29, 0.717) is 13.0 Å². The first-order valence-electron chi connectivity index (χ1n) is 6.51. The minimum atomic E-state index is -0.204. The molecule has 0 saturated heterocycles. The Morgan fingerprint density at radius 2 is 1.90 bits per heavy atom. The maximum Gasteiger partial charge on any atom is 0.319 e. The number of hydrogen-bond acceptors (Lipinski definition) is 3. The monoisotopic (exact) mass is 270 g/mol. The number of benzene rings is 1. The van der Waals surface area contributed by atoms with Crippen LogP contribution in [-0.4, -0.2) is 22.5 Å². The van der Waals surface area contributed by atoms with Crippen molar-refractivity contribution in [2.24, 2.45) is 0 Å². The number of aryl methyl sites for hydroxylation is 2. The summed E-state index contributed by atoms with van der Waals surface area (Å²) in [5.74, 6) is 0. The normalized spacial score (nSPS) is 10.1. The van der Waals surface area contributed by atoms with Crippen LogP contribution in [-0.2, 0) is 6.42 Å². The lowest BCUT2D eigenvalue weighted by molar-refractivity contribution is 0.252. The first-order valence-corrected chi connectivity index (χ1v) is 6.51. The van der Waals surface area contributed by atoms with E-state index >= 15 is 0 Å². The maximum absolute atomic E-state index is 11.7. The first kappa shape index (κ1) is 14.0. The van der Waals surface area contributed by atoms with Crippen LogP contribution in [0.1, 0.15) is 16.7 Å². The van der Waals surface area contributed by atoms with Crippen molar-refractivity contribution >= 4 is 11.7 Å². The second kappa shape index (κ2) is 6.65. The molecule has 104 valence electrons. The fraction of sp³-hybridized carbons (Fsp3) is 0.267. The number of hydrogen-bond donors (Lipinski definition) is 2. The zero-order chi connectivity index (χ0) is 14.4. The zero-order valence-corrected chi connectivity index (χ0v) is 11.7. The maximum atomic E-state index is 11.7. The molecule has 2 amide bonds. The molecule has 2 rings (SSSR count). The third kappa shape index (κ3) is 4.05. The minimum Gasteiger partial charge on any atom is -0.338 e. The van der Waals surface area contributed by atoms with E-state index in [9.17, 15) is 4.79 Å². The summed E-state index contributed by atoms with van der Waals surface area (Å²) in [7, 11) is 0. The second-order valence-corrected chi connectivity index (χ2v) is 4.68. The molecule has 0 bridgehead atoms. The highest BCUT2D eigenvalue weighted by Gasteiger charge is 2.02. The summed E-state index contributed by atoms with van der Waals surface area (Å²) in [6.45, 7) is 4.61. The molecule has 0 radical (unpaired) electrons. The van der Waals surface area contributed by atoms with Gasteiger partial charge in [-0.15, -0.1) is 0 Å². The first-order chi connectivity index (χ1) is 9.65. The molecule has 2 aromatic rings. The summed E-state index contributed by atoms with van der Waals surface area (Å²) in [6.07, 6.45) is 5.69. The van der Waals surface area contributed by atoms with Crippen molar-refractivity contribution in [1.29, 1.82) is 0 Å². The van der Waals surface area contributed by atoms with Crippen LogP contribution in [0.2, 0.25) is 0 Å². The number of urea groups is 1. The molecule has 2 N–H and O–H groups in total. The van der Waals surface area contributed by atoms with Gasteiger partial charge in [-0.2, -0.15) is 0 Å². The highest BCUT2D eigenvalue weighted by atomic mass is 16.2. The van der Waals surface area contributed by atoms with E-state index in [-0.39, 0.29) is 6.03 Å². The average Bonchev–Trinajstić information content (AvgIpc) is 2.44. The van der Waals surface area contributed by atoms with Crippen LogP contribution in [0.4, 0.5) is 10.5 Å². The number of amides is 2. The summed E-state index contributed by atoms with van der Waals surface area (Å²) in [5.41, 5.74) is 4.16. The number of nitrogens with one attached hydrogen (secondary N) is 2. The van der Waals surface area contributed by atoms with Crippen molar-refractivity contribution in [2.75, 3.05) is 11.9 Å². The molecule has 20 heavy (non-hydrogen) atoms. The van der Waals surface area contributed by atoms with Crippen LogP contribution in [0, 0.1) is 13.8 Å². The number of aromatic nitrogens is 2. The summed E-state index contributed by atoms with van der Waals surface area (Å²) in [4.78, 5) is 19.6. The molecule has 0 atom stereocenters. The van der Waals surface area contributed by atoms with Crippen LogP contribution < -0.4 is 10.6 Å². The summed E-state index contributed by atoms with van der Waals surface area (Å²) in [5, 5.41) is 5.62. The molecule has 1 aromatic heterocycles. The lowest BCUT2D eigenvalue weighted by atomic mass is 10.1. The van der Waals surface area contributed by atoms with Crippen LogP contribution >= 0.6 is 0 Å². The lowest BCUT2D eigenvalue weighted by Gasteiger charge is -2.09. The Morgan fingerprint density at radius 1 is 1.15 bits per heavy atom. The van der Waals surface area contributed by atoms with Crippen molar-refractivity contribution in [3.05, 3.63) is 53.6 Å². The van der Waals surface area contributed by atoms with Gasteiger partial charge in [0.25, 0.3) is 0 Å². The molecule has 0 fully saturated rings. The summed E-state index contributed by atoms with van der Waals surface area (Å²) in [6, 6.07) is 5.64. The molecule has 0 aliphatic rings. The molecule has 0 spiro atoms. The Hall–Kier alpha value is -2.43. The SMILES string of the molecule is Cc1ccc(NC(=O)NCCc2cncnc2)cc1C. The van der Waals surface area contributed by atoms with E-state index in [1.807, 2.05) is 32.0 Å². The number of anilines is 1. The number of nitrogens with zero attached hydrogens (tertiary/aromatic N) is 2. The van der Waals surface area contributed by atoms with Crippen LogP contribution in [0.3, 0.4) is 0 Å². The van der Waals surface area contributed by atoms with Crippen LogP contribution in [0.25, 0.3) is 0 Å². The van der Waals surface area contributed by atoms with Crippen LogP contribution in [0.5, 0.6) is 0 Å². The van der Waals surface area contributed by atoms with Crippen molar-refractivity contribution in [3.8, 4) is 0 Å². The van der Waals surface area contributed by atoms with Gasteiger partial charge in [-0.25, -0.2) is 14.8 Å². The van der Waals surface area contributed by atoms with Crippen molar-refractivity contribution < 1.29 is 4.79 Å². The highest BCUT2D eigenvalue weighted by molar-refractivity contribution is 5.89. The van der Waals surface area contributed by atoms with Gasteiger partial charge in [-0.1, -0.05) is 6.07 Å². The number of carbonyl (C=O) groups excluding carboxylic acids is 1. The van der Waals surface area contributed by atoms with Gasteiger partial charge in [0, 0.05) is 24.6 Å². The quantitative estimate of drug-likeness (QED) is 0.896. The lowest BCUT2D eigenvalue weighted by Crippen LogP contribution is -2.30. The molecular formula is C15H18N4O. The van der Waals surface area contributed by atoms with Gasteiger partial charge in [-0.05, 0) is 49.1 Å². The number of carbonyl (C=O) groups is 1. The highest BCUT2D eigenvalue weighted by Crippen LogP contribution is 2.13.